The van der Waals surface area contributed by atoms with Gasteiger partial charge in [-0.1, -0.05) is 42.5 Å². The molecule has 0 N–H and O–H groups in total. The average Bonchev–Trinajstić information content (AvgIpc) is 3.18. The monoisotopic (exact) mass is 529 g/mol. The molecular formula is C30H31N3O4S. The lowest BCUT2D eigenvalue weighted by molar-refractivity contribution is 0.0761. The molecule has 0 saturated carbocycles. The van der Waals surface area contributed by atoms with Gasteiger partial charge in [0.05, 0.1) is 23.3 Å². The summed E-state index contributed by atoms with van der Waals surface area (Å²) < 4.78 is 31.6. The van der Waals surface area contributed by atoms with E-state index in [1.165, 1.54) is 5.56 Å². The molecule has 0 atom stereocenters. The van der Waals surface area contributed by atoms with Gasteiger partial charge >= 0.3 is 0 Å². The normalized spacial score (nSPS) is 14.8. The number of carbonyl (C=O) groups excluding carboxylic acids is 1. The van der Waals surface area contributed by atoms with Gasteiger partial charge in [0, 0.05) is 49.9 Å². The van der Waals surface area contributed by atoms with Crippen molar-refractivity contribution < 1.29 is 17.9 Å². The molecule has 3 aromatic carbocycles. The number of aromatic nitrogens is 1. The second-order valence-electron chi connectivity index (χ2n) is 9.56. The zero-order chi connectivity index (χ0) is 26.5. The van der Waals surface area contributed by atoms with Crippen molar-refractivity contribution in [3.8, 4) is 5.75 Å². The van der Waals surface area contributed by atoms with Crippen LogP contribution in [0.25, 0.3) is 10.9 Å². The predicted molar refractivity (Wildman–Crippen MR) is 148 cm³/mol. The molecule has 5 rings (SSSR count). The molecule has 1 aliphatic rings. The van der Waals surface area contributed by atoms with Gasteiger partial charge < -0.3 is 9.64 Å². The van der Waals surface area contributed by atoms with Gasteiger partial charge in [-0.25, -0.2) is 8.42 Å². The largest absolute Gasteiger partial charge is 0.497 e. The smallest absolute Gasteiger partial charge is 0.253 e. The van der Waals surface area contributed by atoms with Crippen LogP contribution in [-0.4, -0.2) is 62.4 Å². The molecule has 8 heteroatoms. The number of nitrogens with zero attached hydrogens (tertiary/aromatic N) is 3. The van der Waals surface area contributed by atoms with Crippen molar-refractivity contribution >= 4 is 26.6 Å². The molecule has 196 valence electrons. The van der Waals surface area contributed by atoms with Crippen molar-refractivity contribution in [1.29, 1.82) is 0 Å². The van der Waals surface area contributed by atoms with Crippen molar-refractivity contribution in [3.63, 3.8) is 0 Å². The summed E-state index contributed by atoms with van der Waals surface area (Å²) in [4.78, 5) is 22.0. The van der Waals surface area contributed by atoms with Crippen LogP contribution in [0.5, 0.6) is 5.75 Å². The molecule has 0 radical (unpaired) electrons. The number of para-hydroxylation sites is 1. The SMILES string of the molecule is COc1ccc(CN2CCCN(C(=O)c3ccc(CS(=O)(=O)c4cccc5cccnc45)cc3)CC2)cc1. The van der Waals surface area contributed by atoms with Crippen molar-refractivity contribution in [2.45, 2.75) is 23.6 Å². The fourth-order valence-corrected chi connectivity index (χ4v) is 6.41. The van der Waals surface area contributed by atoms with E-state index in [9.17, 15) is 13.2 Å². The number of carbonyl (C=O) groups is 1. The molecule has 1 amide bonds. The second kappa shape index (κ2) is 11.3. The summed E-state index contributed by atoms with van der Waals surface area (Å²) in [5, 5.41) is 0.787. The van der Waals surface area contributed by atoms with E-state index in [0.717, 1.165) is 37.2 Å². The molecule has 0 aliphatic carbocycles. The van der Waals surface area contributed by atoms with E-state index in [2.05, 4.69) is 22.0 Å². The fourth-order valence-electron chi connectivity index (χ4n) is 4.87. The topological polar surface area (TPSA) is 79.8 Å². The van der Waals surface area contributed by atoms with E-state index in [1.807, 2.05) is 29.2 Å². The number of ether oxygens (including phenoxy) is 1. The van der Waals surface area contributed by atoms with Crippen molar-refractivity contribution in [2.75, 3.05) is 33.3 Å². The van der Waals surface area contributed by atoms with E-state index in [0.29, 0.717) is 29.7 Å². The summed E-state index contributed by atoms with van der Waals surface area (Å²) in [5.74, 6) is 0.667. The Morgan fingerprint density at radius 2 is 1.61 bits per heavy atom. The Balaban J connectivity index is 1.21. The summed E-state index contributed by atoms with van der Waals surface area (Å²) in [5.41, 5.74) is 2.90. The Bertz CT molecular complexity index is 1510. The number of methoxy groups -OCH3 is 1. The summed E-state index contributed by atoms with van der Waals surface area (Å²) in [7, 11) is -1.94. The minimum atomic E-state index is -3.60. The number of rotatable bonds is 7. The molecule has 1 fully saturated rings. The number of hydrogen-bond acceptors (Lipinski definition) is 6. The second-order valence-corrected chi connectivity index (χ2v) is 11.5. The van der Waals surface area contributed by atoms with Crippen molar-refractivity contribution in [3.05, 3.63) is 102 Å². The highest BCUT2D eigenvalue weighted by atomic mass is 32.2. The molecule has 1 aliphatic heterocycles. The van der Waals surface area contributed by atoms with Crippen LogP contribution in [0.2, 0.25) is 0 Å². The number of pyridine rings is 1. The van der Waals surface area contributed by atoms with E-state index in [4.69, 9.17) is 4.74 Å². The minimum absolute atomic E-state index is 0.0241. The van der Waals surface area contributed by atoms with Crippen molar-refractivity contribution in [2.24, 2.45) is 0 Å². The highest BCUT2D eigenvalue weighted by molar-refractivity contribution is 7.90. The zero-order valence-corrected chi connectivity index (χ0v) is 22.2. The average molecular weight is 530 g/mol. The zero-order valence-electron chi connectivity index (χ0n) is 21.4. The number of fused-ring (bicyclic) bond motifs is 1. The number of hydrogen-bond donors (Lipinski definition) is 0. The molecular weight excluding hydrogens is 498 g/mol. The third-order valence-corrected chi connectivity index (χ3v) is 8.64. The van der Waals surface area contributed by atoms with Crippen LogP contribution >= 0.6 is 0 Å². The lowest BCUT2D eigenvalue weighted by Crippen LogP contribution is -2.35. The minimum Gasteiger partial charge on any atom is -0.497 e. The molecule has 4 aromatic rings. The summed E-state index contributed by atoms with van der Waals surface area (Å²) in [6.45, 7) is 3.91. The van der Waals surface area contributed by atoms with Gasteiger partial charge in [0.15, 0.2) is 9.84 Å². The number of benzene rings is 3. The Labute approximate surface area is 223 Å². The van der Waals surface area contributed by atoms with Crippen LogP contribution in [0.1, 0.15) is 27.9 Å². The molecule has 2 heterocycles. The molecule has 7 nitrogen and oxygen atoms in total. The first kappa shape index (κ1) is 25.9. The number of amides is 1. The van der Waals surface area contributed by atoms with Gasteiger partial charge in [-0.3, -0.25) is 14.7 Å². The van der Waals surface area contributed by atoms with Gasteiger partial charge in [-0.15, -0.1) is 0 Å². The Hall–Kier alpha value is -3.75. The van der Waals surface area contributed by atoms with E-state index < -0.39 is 9.84 Å². The van der Waals surface area contributed by atoms with Crippen LogP contribution in [0, 0.1) is 0 Å². The quantitative estimate of drug-likeness (QED) is 0.349. The number of sulfone groups is 1. The van der Waals surface area contributed by atoms with Gasteiger partial charge in [-0.05, 0) is 53.9 Å². The maximum Gasteiger partial charge on any atom is 0.253 e. The highest BCUT2D eigenvalue weighted by Gasteiger charge is 2.22. The van der Waals surface area contributed by atoms with E-state index in [-0.39, 0.29) is 16.6 Å². The summed E-state index contributed by atoms with van der Waals surface area (Å²) in [6, 6.07) is 23.8. The first-order chi connectivity index (χ1) is 18.4. The third-order valence-electron chi connectivity index (χ3n) is 6.93. The Kier molecular flexibility index (Phi) is 7.72. The van der Waals surface area contributed by atoms with Gasteiger partial charge in [0.1, 0.15) is 5.75 Å². The third kappa shape index (κ3) is 5.87. The van der Waals surface area contributed by atoms with E-state index >= 15 is 0 Å². The maximum absolute atomic E-state index is 13.2. The highest BCUT2D eigenvalue weighted by Crippen LogP contribution is 2.24. The predicted octanol–water partition coefficient (Wildman–Crippen LogP) is 4.57. The maximum atomic E-state index is 13.2. The molecule has 38 heavy (non-hydrogen) atoms. The molecule has 0 unspecified atom stereocenters. The van der Waals surface area contributed by atoms with Crippen LogP contribution < -0.4 is 4.74 Å². The van der Waals surface area contributed by atoms with Gasteiger partial charge in [0.25, 0.3) is 5.91 Å². The first-order valence-corrected chi connectivity index (χ1v) is 14.4. The lowest BCUT2D eigenvalue weighted by Gasteiger charge is -2.22. The van der Waals surface area contributed by atoms with Crippen molar-refractivity contribution in [1.82, 2.24) is 14.8 Å². The molecule has 0 spiro atoms. The Morgan fingerprint density at radius 3 is 2.37 bits per heavy atom. The van der Waals surface area contributed by atoms with Gasteiger partial charge in [-0.2, -0.15) is 0 Å². The summed E-state index contributed by atoms with van der Waals surface area (Å²) >= 11 is 0. The van der Waals surface area contributed by atoms with Gasteiger partial charge in [0.2, 0.25) is 0 Å². The van der Waals surface area contributed by atoms with E-state index in [1.54, 1.807) is 55.8 Å². The van der Waals surface area contributed by atoms with Crippen LogP contribution in [0.15, 0.2) is 90.0 Å². The molecule has 1 aromatic heterocycles. The van der Waals surface area contributed by atoms with Crippen LogP contribution in [0.3, 0.4) is 0 Å². The lowest BCUT2D eigenvalue weighted by atomic mass is 10.1. The molecule has 1 saturated heterocycles. The Morgan fingerprint density at radius 1 is 0.868 bits per heavy atom. The standard InChI is InChI=1S/C30H31N3O4S/c1-37-27-14-10-23(11-15-27)21-32-17-4-18-33(20-19-32)30(34)26-12-8-24(9-13-26)22-38(35,36)28-7-2-5-25-6-3-16-31-29(25)28/h2-3,5-16H,4,17-22H2,1H3. The molecule has 0 bridgehead atoms. The fraction of sp³-hybridized carbons (Fsp3) is 0.267. The summed E-state index contributed by atoms with van der Waals surface area (Å²) in [6.07, 6.45) is 2.50. The van der Waals surface area contributed by atoms with Crippen LogP contribution in [-0.2, 0) is 22.1 Å². The first-order valence-electron chi connectivity index (χ1n) is 12.7. The van der Waals surface area contributed by atoms with Crippen LogP contribution in [0.4, 0.5) is 0 Å².